The highest BCUT2D eigenvalue weighted by atomic mass is 16.5. The Morgan fingerprint density at radius 2 is 2.16 bits per heavy atom. The monoisotopic (exact) mass is 347 g/mol. The molecule has 0 aliphatic carbocycles. The molecular formula is C18H25N3O4. The SMILES string of the molecule is CO[C@H]1CN(Cc2ccc(C)cn2)C[C@H]1Cc1cc(C)no1.O=CO. The van der Waals surface area contributed by atoms with E-state index < -0.39 is 0 Å². The minimum Gasteiger partial charge on any atom is -0.483 e. The number of aryl methyl sites for hydroxylation is 2. The number of rotatable bonds is 5. The second-order valence-electron chi connectivity index (χ2n) is 6.30. The maximum Gasteiger partial charge on any atom is 0.290 e. The quantitative estimate of drug-likeness (QED) is 0.828. The first-order valence-electron chi connectivity index (χ1n) is 8.22. The summed E-state index contributed by atoms with van der Waals surface area (Å²) in [6, 6.07) is 6.22. The molecule has 25 heavy (non-hydrogen) atoms. The molecule has 0 amide bonds. The number of hydrogen-bond acceptors (Lipinski definition) is 6. The van der Waals surface area contributed by atoms with Gasteiger partial charge in [0.25, 0.3) is 6.47 Å². The Balaban J connectivity index is 0.000000701. The summed E-state index contributed by atoms with van der Waals surface area (Å²) in [6.07, 6.45) is 3.03. The maximum absolute atomic E-state index is 8.36. The third kappa shape index (κ3) is 5.65. The lowest BCUT2D eigenvalue weighted by Crippen LogP contribution is -2.23. The van der Waals surface area contributed by atoms with Gasteiger partial charge in [0.05, 0.1) is 17.5 Å². The summed E-state index contributed by atoms with van der Waals surface area (Å²) in [5.74, 6) is 1.38. The Morgan fingerprint density at radius 3 is 2.72 bits per heavy atom. The molecule has 2 aromatic heterocycles. The average Bonchev–Trinajstić information content (AvgIpc) is 3.16. The Hall–Kier alpha value is -2.25. The number of ether oxygens (including phenoxy) is 1. The number of pyridine rings is 1. The van der Waals surface area contributed by atoms with Crippen LogP contribution in [0.3, 0.4) is 0 Å². The molecule has 0 aromatic carbocycles. The lowest BCUT2D eigenvalue weighted by molar-refractivity contribution is -0.122. The smallest absolute Gasteiger partial charge is 0.290 e. The molecule has 7 nitrogen and oxygen atoms in total. The van der Waals surface area contributed by atoms with E-state index in [-0.39, 0.29) is 12.6 Å². The van der Waals surface area contributed by atoms with Crippen molar-refractivity contribution in [3.05, 3.63) is 47.1 Å². The molecule has 2 atom stereocenters. The highest BCUT2D eigenvalue weighted by Gasteiger charge is 2.33. The van der Waals surface area contributed by atoms with Crippen LogP contribution in [0.25, 0.3) is 0 Å². The van der Waals surface area contributed by atoms with Gasteiger partial charge in [-0.1, -0.05) is 11.2 Å². The maximum atomic E-state index is 8.36. The molecule has 1 N–H and O–H groups in total. The van der Waals surface area contributed by atoms with Gasteiger partial charge in [0.15, 0.2) is 0 Å². The van der Waals surface area contributed by atoms with E-state index in [1.807, 2.05) is 19.2 Å². The van der Waals surface area contributed by atoms with Crippen LogP contribution in [0.2, 0.25) is 0 Å². The molecule has 1 saturated heterocycles. The number of likely N-dealkylation sites (tertiary alicyclic amines) is 1. The Labute approximate surface area is 147 Å². The van der Waals surface area contributed by atoms with E-state index in [1.54, 1.807) is 7.11 Å². The van der Waals surface area contributed by atoms with Crippen molar-refractivity contribution >= 4 is 6.47 Å². The summed E-state index contributed by atoms with van der Waals surface area (Å²) < 4.78 is 11.0. The van der Waals surface area contributed by atoms with E-state index in [9.17, 15) is 0 Å². The molecule has 1 aliphatic rings. The summed E-state index contributed by atoms with van der Waals surface area (Å²) in [5.41, 5.74) is 3.23. The van der Waals surface area contributed by atoms with Crippen LogP contribution in [0.4, 0.5) is 0 Å². The van der Waals surface area contributed by atoms with Gasteiger partial charge in [-0.2, -0.15) is 0 Å². The highest BCUT2D eigenvalue weighted by Crippen LogP contribution is 2.25. The van der Waals surface area contributed by atoms with Crippen molar-refractivity contribution in [1.82, 2.24) is 15.0 Å². The van der Waals surface area contributed by atoms with Crippen molar-refractivity contribution in [1.29, 1.82) is 0 Å². The highest BCUT2D eigenvalue weighted by molar-refractivity contribution is 5.32. The van der Waals surface area contributed by atoms with Gasteiger partial charge in [-0.25, -0.2) is 0 Å². The van der Waals surface area contributed by atoms with Gasteiger partial charge in [-0.3, -0.25) is 14.7 Å². The van der Waals surface area contributed by atoms with E-state index in [2.05, 4.69) is 34.1 Å². The molecule has 7 heteroatoms. The molecule has 3 rings (SSSR count). The zero-order chi connectivity index (χ0) is 18.2. The average molecular weight is 347 g/mol. The van der Waals surface area contributed by atoms with Gasteiger partial charge in [0.1, 0.15) is 5.76 Å². The molecule has 3 heterocycles. The van der Waals surface area contributed by atoms with Gasteiger partial charge < -0.3 is 14.4 Å². The van der Waals surface area contributed by atoms with E-state index in [0.29, 0.717) is 5.92 Å². The molecule has 0 unspecified atom stereocenters. The lowest BCUT2D eigenvalue weighted by Gasteiger charge is -2.14. The van der Waals surface area contributed by atoms with Crippen LogP contribution in [0.5, 0.6) is 0 Å². The summed E-state index contributed by atoms with van der Waals surface area (Å²) >= 11 is 0. The Morgan fingerprint density at radius 1 is 1.40 bits per heavy atom. The topological polar surface area (TPSA) is 88.7 Å². The van der Waals surface area contributed by atoms with Crippen LogP contribution >= 0.6 is 0 Å². The van der Waals surface area contributed by atoms with Crippen LogP contribution in [0.1, 0.15) is 22.7 Å². The number of aromatic nitrogens is 2. The minimum atomic E-state index is -0.250. The number of methoxy groups -OCH3 is 1. The lowest BCUT2D eigenvalue weighted by atomic mass is 10.0. The van der Waals surface area contributed by atoms with Gasteiger partial charge in [0, 0.05) is 51.3 Å². The third-order valence-electron chi connectivity index (χ3n) is 4.26. The molecule has 2 aromatic rings. The van der Waals surface area contributed by atoms with Crippen LogP contribution in [0.15, 0.2) is 28.9 Å². The molecule has 1 fully saturated rings. The van der Waals surface area contributed by atoms with E-state index in [1.165, 1.54) is 5.56 Å². The fourth-order valence-corrected chi connectivity index (χ4v) is 3.11. The minimum absolute atomic E-state index is 0.232. The summed E-state index contributed by atoms with van der Waals surface area (Å²) in [6.45, 7) is 6.55. The largest absolute Gasteiger partial charge is 0.483 e. The summed E-state index contributed by atoms with van der Waals surface area (Å²) in [7, 11) is 1.79. The van der Waals surface area contributed by atoms with Gasteiger partial charge in [0.2, 0.25) is 0 Å². The Kier molecular flexibility index (Phi) is 7.09. The zero-order valence-corrected chi connectivity index (χ0v) is 14.9. The predicted octanol–water partition coefficient (Wildman–Crippen LogP) is 2.08. The molecular weight excluding hydrogens is 322 g/mol. The van der Waals surface area contributed by atoms with Crippen LogP contribution in [-0.2, 0) is 22.5 Å². The molecule has 0 bridgehead atoms. The van der Waals surface area contributed by atoms with Crippen LogP contribution < -0.4 is 0 Å². The fourth-order valence-electron chi connectivity index (χ4n) is 3.11. The van der Waals surface area contributed by atoms with Crippen molar-refractivity contribution in [2.45, 2.75) is 32.9 Å². The number of nitrogens with zero attached hydrogens (tertiary/aromatic N) is 3. The number of hydrogen-bond donors (Lipinski definition) is 1. The van der Waals surface area contributed by atoms with Gasteiger partial charge in [-0.15, -0.1) is 0 Å². The van der Waals surface area contributed by atoms with Gasteiger partial charge >= 0.3 is 0 Å². The number of carboxylic acid groups (broad SMARTS) is 1. The molecule has 136 valence electrons. The number of carbonyl (C=O) groups is 1. The van der Waals surface area contributed by atoms with Crippen molar-refractivity contribution in [2.24, 2.45) is 5.92 Å². The van der Waals surface area contributed by atoms with E-state index >= 15 is 0 Å². The molecule has 1 aliphatic heterocycles. The zero-order valence-electron chi connectivity index (χ0n) is 14.9. The van der Waals surface area contributed by atoms with Crippen LogP contribution in [0, 0.1) is 19.8 Å². The Bertz CT molecular complexity index is 657. The second-order valence-corrected chi connectivity index (χ2v) is 6.30. The van der Waals surface area contributed by atoms with Crippen molar-refractivity contribution in [3.8, 4) is 0 Å². The van der Waals surface area contributed by atoms with Crippen molar-refractivity contribution in [3.63, 3.8) is 0 Å². The molecule has 0 spiro atoms. The van der Waals surface area contributed by atoms with Crippen molar-refractivity contribution in [2.75, 3.05) is 20.2 Å². The first kappa shape index (κ1) is 19.1. The first-order valence-corrected chi connectivity index (χ1v) is 8.22. The molecule has 0 radical (unpaired) electrons. The first-order chi connectivity index (χ1) is 12.0. The molecule has 0 saturated carbocycles. The van der Waals surface area contributed by atoms with Gasteiger partial charge in [-0.05, 0) is 25.5 Å². The van der Waals surface area contributed by atoms with Crippen LogP contribution in [-0.4, -0.2) is 52.9 Å². The van der Waals surface area contributed by atoms with Crippen molar-refractivity contribution < 1.29 is 19.2 Å². The van der Waals surface area contributed by atoms with E-state index in [0.717, 1.165) is 43.2 Å². The predicted molar refractivity (Wildman–Crippen MR) is 92.2 cm³/mol. The summed E-state index contributed by atoms with van der Waals surface area (Å²) in [5, 5.41) is 10.9. The second kappa shape index (κ2) is 9.29. The standard InChI is InChI=1S/C17H23N3O2.CH2O2/c1-12-4-5-15(18-8-12)10-20-9-14(17(11-20)21-3)7-16-6-13(2)19-22-16;2-1-3/h4-6,8,14,17H,7,9-11H2,1-3H3;1H,(H,2,3)/t14-,17+;/m1./s1. The summed E-state index contributed by atoms with van der Waals surface area (Å²) in [4.78, 5) is 15.3. The third-order valence-corrected chi connectivity index (χ3v) is 4.26. The van der Waals surface area contributed by atoms with E-state index in [4.69, 9.17) is 19.2 Å². The normalized spacial score (nSPS) is 20.1. The fraction of sp³-hybridized carbons (Fsp3) is 0.500.